The van der Waals surface area contributed by atoms with Gasteiger partial charge in [-0.25, -0.2) is 0 Å². The SMILES string of the molecule is CC[C@H]1[C@@H](O)C2[C@@H]3CC[C@H]([C@H](C)CCC(=O)OCOCCOC)C3(C)CC[C@@H]2[C@]2(C)CC[C@@H](OCOCCOC)C[C@@H]12. The monoisotopic (exact) mass is 596 g/mol. The Morgan fingerprint density at radius 1 is 0.881 bits per heavy atom. The smallest absolute Gasteiger partial charge is 0.307 e. The minimum Gasteiger partial charge on any atom is -0.438 e. The third kappa shape index (κ3) is 7.20. The van der Waals surface area contributed by atoms with E-state index in [1.165, 1.54) is 32.1 Å². The topological polar surface area (TPSA) is 92.7 Å². The van der Waals surface area contributed by atoms with Crippen LogP contribution in [0.15, 0.2) is 0 Å². The molecule has 0 aromatic heterocycles. The van der Waals surface area contributed by atoms with Crippen molar-refractivity contribution in [3.05, 3.63) is 0 Å². The molecule has 0 spiro atoms. The molecule has 4 aliphatic rings. The maximum atomic E-state index is 12.4. The van der Waals surface area contributed by atoms with E-state index in [4.69, 9.17) is 28.4 Å². The lowest BCUT2D eigenvalue weighted by molar-refractivity contribution is -0.213. The van der Waals surface area contributed by atoms with Crippen molar-refractivity contribution in [1.29, 1.82) is 0 Å². The third-order valence-electron chi connectivity index (χ3n) is 12.5. The van der Waals surface area contributed by atoms with Crippen LogP contribution in [0.5, 0.6) is 0 Å². The second-order valence-electron chi connectivity index (χ2n) is 14.3. The fraction of sp³-hybridized carbons (Fsp3) is 0.971. The van der Waals surface area contributed by atoms with Crippen molar-refractivity contribution in [1.82, 2.24) is 0 Å². The summed E-state index contributed by atoms with van der Waals surface area (Å²) in [7, 11) is 3.30. The van der Waals surface area contributed by atoms with E-state index in [9.17, 15) is 9.90 Å². The number of esters is 1. The zero-order valence-corrected chi connectivity index (χ0v) is 27.3. The zero-order valence-electron chi connectivity index (χ0n) is 27.3. The first kappa shape index (κ1) is 34.1. The maximum absolute atomic E-state index is 12.4. The molecule has 0 aromatic rings. The number of ether oxygens (including phenoxy) is 6. The Kier molecular flexibility index (Phi) is 12.6. The first-order valence-electron chi connectivity index (χ1n) is 16.8. The zero-order chi connectivity index (χ0) is 30.3. The van der Waals surface area contributed by atoms with Crippen molar-refractivity contribution in [2.24, 2.45) is 52.3 Å². The summed E-state index contributed by atoms with van der Waals surface area (Å²) in [6.45, 7) is 12.0. The van der Waals surface area contributed by atoms with Crippen LogP contribution in [0.4, 0.5) is 0 Å². The minimum absolute atomic E-state index is 0.00581. The van der Waals surface area contributed by atoms with Crippen LogP contribution >= 0.6 is 0 Å². The van der Waals surface area contributed by atoms with E-state index in [1.54, 1.807) is 14.2 Å². The molecule has 0 aliphatic heterocycles. The van der Waals surface area contributed by atoms with Gasteiger partial charge in [-0.2, -0.15) is 0 Å². The maximum Gasteiger partial charge on any atom is 0.307 e. The summed E-state index contributed by atoms with van der Waals surface area (Å²) in [6, 6.07) is 0. The van der Waals surface area contributed by atoms with E-state index in [1.807, 2.05) is 0 Å². The highest BCUT2D eigenvalue weighted by atomic mass is 16.7. The normalized spacial score (nSPS) is 40.2. The summed E-state index contributed by atoms with van der Waals surface area (Å²) >= 11 is 0. The summed E-state index contributed by atoms with van der Waals surface area (Å²) in [5, 5.41) is 12.1. The summed E-state index contributed by atoms with van der Waals surface area (Å²) in [4.78, 5) is 12.4. The molecule has 0 aromatic carbocycles. The summed E-state index contributed by atoms with van der Waals surface area (Å²) in [6.07, 6.45) is 10.3. The molecule has 0 saturated heterocycles. The Morgan fingerprint density at radius 2 is 1.55 bits per heavy atom. The minimum atomic E-state index is -0.249. The molecule has 244 valence electrons. The van der Waals surface area contributed by atoms with Crippen LogP contribution in [0, 0.1) is 52.3 Å². The van der Waals surface area contributed by atoms with Crippen LogP contribution in [0.2, 0.25) is 0 Å². The Hall–Kier alpha value is -0.770. The highest BCUT2D eigenvalue weighted by molar-refractivity contribution is 5.69. The van der Waals surface area contributed by atoms with Gasteiger partial charge in [0.25, 0.3) is 0 Å². The molecule has 4 rings (SSSR count). The Morgan fingerprint density at radius 3 is 2.24 bits per heavy atom. The predicted molar refractivity (Wildman–Crippen MR) is 161 cm³/mol. The molecule has 0 heterocycles. The fourth-order valence-electron chi connectivity index (χ4n) is 10.3. The number of fused-ring (bicyclic) bond motifs is 5. The van der Waals surface area contributed by atoms with E-state index >= 15 is 0 Å². The molecule has 2 unspecified atom stereocenters. The quantitative estimate of drug-likeness (QED) is 0.135. The van der Waals surface area contributed by atoms with E-state index in [0.29, 0.717) is 81.1 Å². The number of carbonyl (C=O) groups excluding carboxylic acids is 1. The Bertz CT molecular complexity index is 838. The van der Waals surface area contributed by atoms with Crippen molar-refractivity contribution in [3.63, 3.8) is 0 Å². The van der Waals surface area contributed by atoms with Gasteiger partial charge < -0.3 is 33.5 Å². The number of aliphatic hydroxyl groups excluding tert-OH is 1. The number of carbonyl (C=O) groups is 1. The van der Waals surface area contributed by atoms with Gasteiger partial charge in [0.1, 0.15) is 6.79 Å². The molecule has 4 fully saturated rings. The van der Waals surface area contributed by atoms with Crippen LogP contribution in [-0.4, -0.2) is 77.5 Å². The molecule has 8 heteroatoms. The molecular weight excluding hydrogens is 536 g/mol. The van der Waals surface area contributed by atoms with E-state index in [0.717, 1.165) is 25.7 Å². The average molecular weight is 597 g/mol. The standard InChI is InChI=1S/C34H60O8/c1-7-25-29-20-24(41-21-39-18-16-37-5)12-14-34(29,4)28-13-15-33(3)26(9-10-27(33)31(28)32(25)36)23(2)8-11-30(35)42-22-40-19-17-38-6/h23-29,31-32,36H,7-22H2,1-6H3/t23-,24-,25-,26-,27+,28+,29+,31?,32-,33?,34+/m1/s1. The van der Waals surface area contributed by atoms with Gasteiger partial charge in [-0.05, 0) is 104 Å². The molecule has 0 amide bonds. The molecular formula is C34H60O8. The molecule has 0 radical (unpaired) electrons. The van der Waals surface area contributed by atoms with Crippen LogP contribution < -0.4 is 0 Å². The van der Waals surface area contributed by atoms with Crippen LogP contribution in [0.25, 0.3) is 0 Å². The highest BCUT2D eigenvalue weighted by Gasteiger charge is 2.65. The lowest BCUT2D eigenvalue weighted by Crippen LogP contribution is -2.62. The third-order valence-corrected chi connectivity index (χ3v) is 12.5. The van der Waals surface area contributed by atoms with Crippen molar-refractivity contribution < 1.29 is 38.3 Å². The Balaban J connectivity index is 1.37. The fourth-order valence-corrected chi connectivity index (χ4v) is 10.3. The summed E-state index contributed by atoms with van der Waals surface area (Å²) in [5.41, 5.74) is 0.470. The predicted octanol–water partition coefficient (Wildman–Crippen LogP) is 5.84. The second kappa shape index (κ2) is 15.5. The van der Waals surface area contributed by atoms with Crippen molar-refractivity contribution in [3.8, 4) is 0 Å². The average Bonchev–Trinajstić information content (AvgIpc) is 3.33. The first-order valence-corrected chi connectivity index (χ1v) is 16.8. The van der Waals surface area contributed by atoms with Crippen LogP contribution in [-0.2, 0) is 33.2 Å². The highest BCUT2D eigenvalue weighted by Crippen LogP contribution is 2.69. The van der Waals surface area contributed by atoms with Crippen molar-refractivity contribution >= 4 is 5.97 Å². The second-order valence-corrected chi connectivity index (χ2v) is 14.3. The van der Waals surface area contributed by atoms with E-state index < -0.39 is 0 Å². The van der Waals surface area contributed by atoms with Crippen LogP contribution in [0.3, 0.4) is 0 Å². The number of rotatable bonds is 16. The first-order chi connectivity index (χ1) is 20.2. The van der Waals surface area contributed by atoms with Gasteiger partial charge in [0.05, 0.1) is 38.6 Å². The van der Waals surface area contributed by atoms with Gasteiger partial charge in [0.15, 0.2) is 6.79 Å². The Labute approximate surface area is 254 Å². The molecule has 4 aliphatic carbocycles. The van der Waals surface area contributed by atoms with Crippen molar-refractivity contribution in [2.45, 2.75) is 104 Å². The lowest BCUT2D eigenvalue weighted by Gasteiger charge is -2.65. The molecule has 8 nitrogen and oxygen atoms in total. The van der Waals surface area contributed by atoms with Crippen molar-refractivity contribution in [2.75, 3.05) is 54.2 Å². The van der Waals surface area contributed by atoms with E-state index in [2.05, 4.69) is 27.7 Å². The molecule has 11 atom stereocenters. The number of methoxy groups -OCH3 is 2. The largest absolute Gasteiger partial charge is 0.438 e. The number of aliphatic hydroxyl groups is 1. The molecule has 42 heavy (non-hydrogen) atoms. The molecule has 4 saturated carbocycles. The molecule has 0 bridgehead atoms. The lowest BCUT2D eigenvalue weighted by atomic mass is 9.41. The molecule has 1 N–H and O–H groups in total. The number of hydrogen-bond acceptors (Lipinski definition) is 8. The van der Waals surface area contributed by atoms with Gasteiger partial charge in [0.2, 0.25) is 0 Å². The van der Waals surface area contributed by atoms with Crippen LogP contribution in [0.1, 0.15) is 91.9 Å². The van der Waals surface area contributed by atoms with Gasteiger partial charge in [-0.15, -0.1) is 0 Å². The summed E-state index contributed by atoms with van der Waals surface area (Å²) in [5.74, 6) is 3.14. The van der Waals surface area contributed by atoms with Gasteiger partial charge in [-0.1, -0.05) is 34.1 Å². The summed E-state index contributed by atoms with van der Waals surface area (Å²) < 4.78 is 32.4. The van der Waals surface area contributed by atoms with Gasteiger partial charge in [0, 0.05) is 20.6 Å². The number of hydrogen-bond donors (Lipinski definition) is 1. The van der Waals surface area contributed by atoms with Gasteiger partial charge in [-0.3, -0.25) is 4.79 Å². The van der Waals surface area contributed by atoms with E-state index in [-0.39, 0.29) is 35.8 Å². The van der Waals surface area contributed by atoms with Gasteiger partial charge >= 0.3 is 5.97 Å².